The van der Waals surface area contributed by atoms with Gasteiger partial charge in [-0.3, -0.25) is 0 Å². The molecule has 4 nitrogen and oxygen atoms in total. The van der Waals surface area contributed by atoms with E-state index in [2.05, 4.69) is 15.6 Å². The summed E-state index contributed by atoms with van der Waals surface area (Å²) in [7, 11) is 0. The fourth-order valence-electron chi connectivity index (χ4n) is 1.74. The summed E-state index contributed by atoms with van der Waals surface area (Å²) in [5.74, 6) is 1.66. The number of aromatic nitrogens is 1. The van der Waals surface area contributed by atoms with Crippen molar-refractivity contribution in [2.45, 2.75) is 32.4 Å². The van der Waals surface area contributed by atoms with Gasteiger partial charge in [-0.15, -0.1) is 0 Å². The molecule has 2 rings (SSSR count). The molecule has 4 heteroatoms. The van der Waals surface area contributed by atoms with Gasteiger partial charge in [-0.25, -0.2) is 4.98 Å². The van der Waals surface area contributed by atoms with Gasteiger partial charge in [0.05, 0.1) is 12.7 Å². The number of oxazole rings is 1. The van der Waals surface area contributed by atoms with Gasteiger partial charge in [0, 0.05) is 12.6 Å². The van der Waals surface area contributed by atoms with Crippen LogP contribution in [0.15, 0.2) is 10.6 Å². The van der Waals surface area contributed by atoms with Crippen LogP contribution in [0.25, 0.3) is 0 Å². The smallest absolute Gasteiger partial charge is 0.208 e. The number of nitrogens with zero attached hydrogens (tertiary/aromatic N) is 1. The molecule has 1 unspecified atom stereocenters. The first-order valence-electron chi connectivity index (χ1n) is 5.20. The Labute approximate surface area is 84.1 Å². The lowest BCUT2D eigenvalue weighted by atomic mass is 10.1. The highest BCUT2D eigenvalue weighted by atomic mass is 16.4. The summed E-state index contributed by atoms with van der Waals surface area (Å²) in [6.07, 6.45) is 4.26. The van der Waals surface area contributed by atoms with E-state index in [1.807, 2.05) is 6.92 Å². The summed E-state index contributed by atoms with van der Waals surface area (Å²) >= 11 is 0. The molecule has 1 aromatic rings. The lowest BCUT2D eigenvalue weighted by Crippen LogP contribution is -2.42. The van der Waals surface area contributed by atoms with Crippen molar-refractivity contribution in [1.82, 2.24) is 15.6 Å². The van der Waals surface area contributed by atoms with E-state index in [1.54, 1.807) is 6.20 Å². The molecule has 1 fully saturated rings. The van der Waals surface area contributed by atoms with Crippen LogP contribution >= 0.6 is 0 Å². The van der Waals surface area contributed by atoms with E-state index < -0.39 is 0 Å². The van der Waals surface area contributed by atoms with Crippen LogP contribution in [-0.2, 0) is 6.54 Å². The molecule has 0 bridgehead atoms. The van der Waals surface area contributed by atoms with E-state index in [9.17, 15) is 0 Å². The van der Waals surface area contributed by atoms with Crippen LogP contribution in [-0.4, -0.2) is 24.1 Å². The first-order chi connectivity index (χ1) is 6.84. The summed E-state index contributed by atoms with van der Waals surface area (Å²) in [5.41, 5.74) is 0. The fourth-order valence-corrected chi connectivity index (χ4v) is 1.74. The second kappa shape index (κ2) is 4.57. The molecule has 0 amide bonds. The Kier molecular flexibility index (Phi) is 3.16. The van der Waals surface area contributed by atoms with Gasteiger partial charge in [0.2, 0.25) is 5.89 Å². The van der Waals surface area contributed by atoms with E-state index in [0.717, 1.165) is 31.3 Å². The molecule has 2 heterocycles. The van der Waals surface area contributed by atoms with Crippen LogP contribution in [0, 0.1) is 6.92 Å². The number of aryl methyl sites for hydroxylation is 1. The van der Waals surface area contributed by atoms with Crippen molar-refractivity contribution in [2.75, 3.05) is 13.1 Å². The third-order valence-electron chi connectivity index (χ3n) is 2.51. The molecular weight excluding hydrogens is 178 g/mol. The van der Waals surface area contributed by atoms with Crippen molar-refractivity contribution in [1.29, 1.82) is 0 Å². The molecule has 1 atom stereocenters. The van der Waals surface area contributed by atoms with Gasteiger partial charge >= 0.3 is 0 Å². The Morgan fingerprint density at radius 3 is 3.29 bits per heavy atom. The first kappa shape index (κ1) is 9.68. The van der Waals surface area contributed by atoms with E-state index in [4.69, 9.17) is 4.42 Å². The number of rotatable bonds is 3. The van der Waals surface area contributed by atoms with Crippen molar-refractivity contribution in [2.24, 2.45) is 0 Å². The number of piperidine rings is 1. The second-order valence-electron chi connectivity index (χ2n) is 3.79. The molecule has 0 radical (unpaired) electrons. The van der Waals surface area contributed by atoms with E-state index in [1.165, 1.54) is 12.8 Å². The fraction of sp³-hybridized carbons (Fsp3) is 0.700. The Hall–Kier alpha value is -0.870. The number of nitrogens with one attached hydrogen (secondary N) is 2. The highest BCUT2D eigenvalue weighted by molar-refractivity contribution is 4.91. The minimum atomic E-state index is 0.566. The highest BCUT2D eigenvalue weighted by Crippen LogP contribution is 2.04. The van der Waals surface area contributed by atoms with Gasteiger partial charge in [0.1, 0.15) is 5.76 Å². The molecule has 0 aliphatic carbocycles. The van der Waals surface area contributed by atoms with Crippen molar-refractivity contribution in [3.8, 4) is 0 Å². The number of hydrogen-bond acceptors (Lipinski definition) is 4. The maximum atomic E-state index is 5.38. The van der Waals surface area contributed by atoms with Gasteiger partial charge in [0.25, 0.3) is 0 Å². The van der Waals surface area contributed by atoms with Gasteiger partial charge in [0.15, 0.2) is 0 Å². The average Bonchev–Trinajstić information content (AvgIpc) is 2.63. The van der Waals surface area contributed by atoms with Gasteiger partial charge in [-0.1, -0.05) is 0 Å². The maximum Gasteiger partial charge on any atom is 0.208 e. The topological polar surface area (TPSA) is 50.1 Å². The zero-order valence-corrected chi connectivity index (χ0v) is 8.55. The van der Waals surface area contributed by atoms with Gasteiger partial charge < -0.3 is 15.1 Å². The Balaban J connectivity index is 1.76. The molecule has 0 aromatic carbocycles. The quantitative estimate of drug-likeness (QED) is 0.750. The first-order valence-corrected chi connectivity index (χ1v) is 5.20. The van der Waals surface area contributed by atoms with Crippen LogP contribution in [0.3, 0.4) is 0 Å². The van der Waals surface area contributed by atoms with E-state index in [0.29, 0.717) is 6.04 Å². The predicted octanol–water partition coefficient (Wildman–Crippen LogP) is 0.825. The lowest BCUT2D eigenvalue weighted by molar-refractivity contribution is 0.363. The molecule has 2 N–H and O–H groups in total. The van der Waals surface area contributed by atoms with Crippen LogP contribution in [0.4, 0.5) is 0 Å². The normalized spacial score (nSPS) is 22.5. The largest absolute Gasteiger partial charge is 0.445 e. The van der Waals surface area contributed by atoms with Crippen molar-refractivity contribution in [3.63, 3.8) is 0 Å². The Morgan fingerprint density at radius 1 is 1.71 bits per heavy atom. The van der Waals surface area contributed by atoms with Crippen LogP contribution in [0.1, 0.15) is 24.5 Å². The minimum absolute atomic E-state index is 0.566. The average molecular weight is 195 g/mol. The maximum absolute atomic E-state index is 5.38. The molecule has 1 aliphatic rings. The highest BCUT2D eigenvalue weighted by Gasteiger charge is 2.12. The monoisotopic (exact) mass is 195 g/mol. The van der Waals surface area contributed by atoms with Gasteiger partial charge in [-0.05, 0) is 26.3 Å². The van der Waals surface area contributed by atoms with E-state index in [-0.39, 0.29) is 0 Å². The van der Waals surface area contributed by atoms with Crippen LogP contribution < -0.4 is 10.6 Å². The summed E-state index contributed by atoms with van der Waals surface area (Å²) in [6.45, 7) is 4.86. The third kappa shape index (κ3) is 2.56. The molecular formula is C10H17N3O. The Bertz CT molecular complexity index is 279. The summed E-state index contributed by atoms with van der Waals surface area (Å²) in [6, 6.07) is 0.566. The zero-order valence-electron chi connectivity index (χ0n) is 8.55. The summed E-state index contributed by atoms with van der Waals surface area (Å²) in [5, 5.41) is 6.80. The number of hydrogen-bond donors (Lipinski definition) is 2. The molecule has 14 heavy (non-hydrogen) atoms. The van der Waals surface area contributed by atoms with Crippen molar-refractivity contribution < 1.29 is 4.42 Å². The van der Waals surface area contributed by atoms with Gasteiger partial charge in [-0.2, -0.15) is 0 Å². The van der Waals surface area contributed by atoms with Crippen molar-refractivity contribution in [3.05, 3.63) is 17.8 Å². The Morgan fingerprint density at radius 2 is 2.64 bits per heavy atom. The molecule has 0 saturated carbocycles. The summed E-state index contributed by atoms with van der Waals surface area (Å²) in [4.78, 5) is 4.15. The standard InChI is InChI=1S/C10H17N3O/c1-8-5-13-10(14-8)7-12-9-3-2-4-11-6-9/h5,9,11-12H,2-4,6-7H2,1H3. The zero-order chi connectivity index (χ0) is 9.80. The molecule has 1 aliphatic heterocycles. The SMILES string of the molecule is Cc1cnc(CNC2CCCNC2)o1. The summed E-state index contributed by atoms with van der Waals surface area (Å²) < 4.78 is 5.38. The minimum Gasteiger partial charge on any atom is -0.445 e. The third-order valence-corrected chi connectivity index (χ3v) is 2.51. The molecule has 78 valence electrons. The predicted molar refractivity (Wildman–Crippen MR) is 54.0 cm³/mol. The molecule has 1 saturated heterocycles. The van der Waals surface area contributed by atoms with Crippen LogP contribution in [0.5, 0.6) is 0 Å². The molecule has 0 spiro atoms. The lowest BCUT2D eigenvalue weighted by Gasteiger charge is -2.23. The van der Waals surface area contributed by atoms with Crippen molar-refractivity contribution >= 4 is 0 Å². The van der Waals surface area contributed by atoms with Crippen LogP contribution in [0.2, 0.25) is 0 Å². The van der Waals surface area contributed by atoms with E-state index >= 15 is 0 Å². The second-order valence-corrected chi connectivity index (χ2v) is 3.79. The molecule has 1 aromatic heterocycles.